The van der Waals surface area contributed by atoms with Crippen LogP contribution in [0.5, 0.6) is 0 Å². The van der Waals surface area contributed by atoms with Gasteiger partial charge in [-0.15, -0.1) is 0 Å². The Morgan fingerprint density at radius 2 is 0.960 bits per heavy atom. The van der Waals surface area contributed by atoms with Crippen LogP contribution in [0, 0.1) is 0 Å². The van der Waals surface area contributed by atoms with Gasteiger partial charge in [0, 0.05) is 45.2 Å². The molecule has 3 heterocycles. The summed E-state index contributed by atoms with van der Waals surface area (Å²) in [5.41, 5.74) is 10.4. The highest BCUT2D eigenvalue weighted by Gasteiger charge is 2.17. The molecule has 0 radical (unpaired) electrons. The van der Waals surface area contributed by atoms with Crippen LogP contribution in [0.1, 0.15) is 0 Å². The predicted molar refractivity (Wildman–Crippen MR) is 209 cm³/mol. The summed E-state index contributed by atoms with van der Waals surface area (Å²) in [6.07, 6.45) is 3.84. The van der Waals surface area contributed by atoms with Crippen molar-refractivity contribution in [2.45, 2.75) is 0 Å². The predicted octanol–water partition coefficient (Wildman–Crippen LogP) is 12.3. The third-order valence-corrected chi connectivity index (χ3v) is 9.91. The van der Waals surface area contributed by atoms with E-state index in [9.17, 15) is 0 Å². The molecule has 3 heteroatoms. The molecule has 0 aliphatic rings. The van der Waals surface area contributed by atoms with Crippen LogP contribution in [0.15, 0.2) is 176 Å². The summed E-state index contributed by atoms with van der Waals surface area (Å²) in [5.74, 6) is 0. The standard InChI is InChI=1S/C47H29N3/c1-3-11-33-25-35(20-18-30(33)9-1)41-27-43-42(37-22-23-44(49-29-37)40-17-7-13-32-14-8-24-48-46(32)40)28-45(50-47(43)39-16-6-5-15-38(39)41)36-21-19-31-10-2-4-12-34(31)26-36/h1-29H. The van der Waals surface area contributed by atoms with E-state index in [0.717, 1.165) is 60.8 Å². The molecular weight excluding hydrogens is 607 g/mol. The molecule has 0 spiro atoms. The van der Waals surface area contributed by atoms with Crippen molar-refractivity contribution in [1.82, 2.24) is 15.0 Å². The van der Waals surface area contributed by atoms with E-state index in [-0.39, 0.29) is 0 Å². The summed E-state index contributed by atoms with van der Waals surface area (Å²) in [6, 6.07) is 58.3. The van der Waals surface area contributed by atoms with Crippen molar-refractivity contribution in [1.29, 1.82) is 0 Å². The molecule has 232 valence electrons. The molecule has 50 heavy (non-hydrogen) atoms. The zero-order chi connectivity index (χ0) is 33.0. The number of pyridine rings is 3. The van der Waals surface area contributed by atoms with Crippen LogP contribution < -0.4 is 0 Å². The zero-order valence-electron chi connectivity index (χ0n) is 27.1. The molecule has 0 aliphatic heterocycles. The lowest BCUT2D eigenvalue weighted by Gasteiger charge is -2.16. The Bertz CT molecular complexity index is 2920. The van der Waals surface area contributed by atoms with Crippen molar-refractivity contribution >= 4 is 54.1 Å². The van der Waals surface area contributed by atoms with Gasteiger partial charge in [0.25, 0.3) is 0 Å². The Balaban J connectivity index is 1.23. The molecule has 0 fully saturated rings. The van der Waals surface area contributed by atoms with Gasteiger partial charge >= 0.3 is 0 Å². The monoisotopic (exact) mass is 635 g/mol. The SMILES string of the molecule is c1ccc2cc(-c3cc(-c4ccc(-c5cccc6cccnc56)nc4)c4cc(-c5ccc6ccccc6c5)c5ccccc5c4n3)ccc2c1. The van der Waals surface area contributed by atoms with Crippen LogP contribution in [0.4, 0.5) is 0 Å². The van der Waals surface area contributed by atoms with E-state index >= 15 is 0 Å². The fourth-order valence-corrected chi connectivity index (χ4v) is 7.41. The van der Waals surface area contributed by atoms with E-state index in [1.54, 1.807) is 0 Å². The van der Waals surface area contributed by atoms with Crippen molar-refractivity contribution in [2.24, 2.45) is 0 Å². The van der Waals surface area contributed by atoms with E-state index in [2.05, 4.69) is 163 Å². The quantitative estimate of drug-likeness (QED) is 0.181. The van der Waals surface area contributed by atoms with Crippen LogP contribution in [-0.4, -0.2) is 15.0 Å². The smallest absolute Gasteiger partial charge is 0.0795 e. The molecular formula is C47H29N3. The highest BCUT2D eigenvalue weighted by Crippen LogP contribution is 2.41. The average Bonchev–Trinajstić information content (AvgIpc) is 3.19. The van der Waals surface area contributed by atoms with Gasteiger partial charge in [-0.05, 0) is 80.0 Å². The second kappa shape index (κ2) is 11.5. The number of fused-ring (bicyclic) bond motifs is 6. The molecule has 0 saturated heterocycles. The van der Waals surface area contributed by atoms with Gasteiger partial charge < -0.3 is 0 Å². The third kappa shape index (κ3) is 4.71. The topological polar surface area (TPSA) is 38.7 Å². The molecule has 0 amide bonds. The molecule has 7 aromatic carbocycles. The molecule has 0 saturated carbocycles. The van der Waals surface area contributed by atoms with E-state index in [0.29, 0.717) is 0 Å². The number of benzene rings is 7. The first-order valence-electron chi connectivity index (χ1n) is 16.9. The fourth-order valence-electron chi connectivity index (χ4n) is 7.41. The largest absolute Gasteiger partial charge is 0.256 e. The molecule has 0 N–H and O–H groups in total. The summed E-state index contributed by atoms with van der Waals surface area (Å²) in [6.45, 7) is 0. The second-order valence-electron chi connectivity index (χ2n) is 12.9. The maximum Gasteiger partial charge on any atom is 0.0795 e. The van der Waals surface area contributed by atoms with Crippen molar-refractivity contribution in [3.63, 3.8) is 0 Å². The number of para-hydroxylation sites is 1. The van der Waals surface area contributed by atoms with Gasteiger partial charge in [0.1, 0.15) is 0 Å². The van der Waals surface area contributed by atoms with E-state index in [4.69, 9.17) is 9.97 Å². The highest BCUT2D eigenvalue weighted by molar-refractivity contribution is 6.16. The molecule has 3 aromatic heterocycles. The van der Waals surface area contributed by atoms with Gasteiger partial charge in [-0.1, -0.05) is 127 Å². The van der Waals surface area contributed by atoms with Gasteiger partial charge in [0.05, 0.1) is 22.4 Å². The maximum atomic E-state index is 5.42. The minimum atomic E-state index is 0.897. The number of hydrogen-bond acceptors (Lipinski definition) is 3. The first kappa shape index (κ1) is 28.3. The van der Waals surface area contributed by atoms with Crippen molar-refractivity contribution in [3.8, 4) is 44.8 Å². The zero-order valence-corrected chi connectivity index (χ0v) is 27.1. The minimum absolute atomic E-state index is 0.897. The van der Waals surface area contributed by atoms with Gasteiger partial charge in [-0.2, -0.15) is 0 Å². The van der Waals surface area contributed by atoms with Crippen LogP contribution in [-0.2, 0) is 0 Å². The summed E-state index contributed by atoms with van der Waals surface area (Å²) < 4.78 is 0. The van der Waals surface area contributed by atoms with Gasteiger partial charge in [0.2, 0.25) is 0 Å². The molecule has 0 atom stereocenters. The van der Waals surface area contributed by atoms with Crippen LogP contribution >= 0.6 is 0 Å². The number of hydrogen-bond donors (Lipinski definition) is 0. The van der Waals surface area contributed by atoms with Gasteiger partial charge in [-0.3, -0.25) is 9.97 Å². The minimum Gasteiger partial charge on any atom is -0.256 e. The fraction of sp³-hybridized carbons (Fsp3) is 0. The summed E-state index contributed by atoms with van der Waals surface area (Å²) in [7, 11) is 0. The Morgan fingerprint density at radius 1 is 0.320 bits per heavy atom. The normalized spacial score (nSPS) is 11.6. The molecule has 0 bridgehead atoms. The third-order valence-electron chi connectivity index (χ3n) is 9.91. The van der Waals surface area contributed by atoms with Gasteiger partial charge in [-0.25, -0.2) is 4.98 Å². The second-order valence-corrected chi connectivity index (χ2v) is 12.9. The summed E-state index contributed by atoms with van der Waals surface area (Å²) in [4.78, 5) is 15.1. The number of rotatable bonds is 4. The van der Waals surface area contributed by atoms with Crippen LogP contribution in [0.2, 0.25) is 0 Å². The molecule has 10 rings (SSSR count). The van der Waals surface area contributed by atoms with Crippen molar-refractivity contribution in [2.75, 3.05) is 0 Å². The first-order valence-corrected chi connectivity index (χ1v) is 16.9. The van der Waals surface area contributed by atoms with E-state index in [1.165, 1.54) is 38.1 Å². The Kier molecular flexibility index (Phi) is 6.49. The van der Waals surface area contributed by atoms with Crippen molar-refractivity contribution < 1.29 is 0 Å². The molecule has 0 unspecified atom stereocenters. The first-order chi connectivity index (χ1) is 24.8. The van der Waals surface area contributed by atoms with Crippen molar-refractivity contribution in [3.05, 3.63) is 176 Å². The summed E-state index contributed by atoms with van der Waals surface area (Å²) in [5, 5.41) is 9.37. The Morgan fingerprint density at radius 3 is 1.74 bits per heavy atom. The molecule has 10 aromatic rings. The molecule has 3 nitrogen and oxygen atoms in total. The van der Waals surface area contributed by atoms with E-state index in [1.807, 2.05) is 18.5 Å². The van der Waals surface area contributed by atoms with Crippen LogP contribution in [0.3, 0.4) is 0 Å². The Hall–Kier alpha value is -6.71. The number of aromatic nitrogens is 3. The average molecular weight is 636 g/mol. The summed E-state index contributed by atoms with van der Waals surface area (Å²) >= 11 is 0. The van der Waals surface area contributed by atoms with E-state index < -0.39 is 0 Å². The van der Waals surface area contributed by atoms with Crippen LogP contribution in [0.25, 0.3) is 98.9 Å². The highest BCUT2D eigenvalue weighted by atomic mass is 14.7. The van der Waals surface area contributed by atoms with Gasteiger partial charge in [0.15, 0.2) is 0 Å². The Labute approximate surface area is 289 Å². The lowest BCUT2D eigenvalue weighted by atomic mass is 9.90. The molecule has 0 aliphatic carbocycles. The lowest BCUT2D eigenvalue weighted by molar-refractivity contribution is 1.32. The lowest BCUT2D eigenvalue weighted by Crippen LogP contribution is -1.94. The maximum absolute atomic E-state index is 5.42. The number of nitrogens with zero attached hydrogens (tertiary/aromatic N) is 3.